The fourth-order valence-electron chi connectivity index (χ4n) is 3.14. The fraction of sp³-hybridized carbons (Fsp3) is 0.308. The van der Waals surface area contributed by atoms with Gasteiger partial charge in [-0.3, -0.25) is 9.97 Å². The third-order valence-electron chi connectivity index (χ3n) is 5.06. The smallest absolute Gasteiger partial charge is 0.573 e. The average molecular weight is 633 g/mol. The topological polar surface area (TPSA) is 91.4 Å². The number of hydrogen-bond acceptors (Lipinski definition) is 6. The molecule has 1 aromatic carbocycles. The van der Waals surface area contributed by atoms with Crippen molar-refractivity contribution in [2.45, 2.75) is 52.4 Å². The molecule has 0 saturated heterocycles. The van der Waals surface area contributed by atoms with E-state index < -0.39 is 0 Å². The molecule has 34 heavy (non-hydrogen) atoms. The van der Waals surface area contributed by atoms with E-state index in [1.54, 1.807) is 24.8 Å². The number of benzene rings is 1. The van der Waals surface area contributed by atoms with Gasteiger partial charge in [0.2, 0.25) is 0 Å². The summed E-state index contributed by atoms with van der Waals surface area (Å²) in [6.45, 7) is 12.6. The Morgan fingerprint density at radius 3 is 2.32 bits per heavy atom. The fourth-order valence-corrected chi connectivity index (χ4v) is 3.14. The van der Waals surface area contributed by atoms with Crippen molar-refractivity contribution >= 4 is 21.8 Å². The molecule has 0 N–H and O–H groups in total. The van der Waals surface area contributed by atoms with Gasteiger partial charge in [-0.05, 0) is 34.1 Å². The van der Waals surface area contributed by atoms with E-state index in [1.165, 1.54) is 0 Å². The predicted molar refractivity (Wildman–Crippen MR) is 130 cm³/mol. The molecule has 0 unspecified atom stereocenters. The van der Waals surface area contributed by atoms with Crippen molar-refractivity contribution in [3.63, 3.8) is 0 Å². The summed E-state index contributed by atoms with van der Waals surface area (Å²) in [7, 11) is 0. The van der Waals surface area contributed by atoms with Crippen molar-refractivity contribution in [1.29, 1.82) is 0 Å². The van der Waals surface area contributed by atoms with Gasteiger partial charge in [-0.15, -0.1) is 0 Å². The van der Waals surface area contributed by atoms with E-state index in [2.05, 4.69) is 82.9 Å². The summed E-state index contributed by atoms with van der Waals surface area (Å²) in [4.78, 5) is 21.5. The van der Waals surface area contributed by atoms with Crippen LogP contribution < -0.4 is 5.10 Å². The van der Waals surface area contributed by atoms with E-state index >= 15 is 0 Å². The summed E-state index contributed by atoms with van der Waals surface area (Å²) in [6.07, 6.45) is 9.87. The van der Waals surface area contributed by atoms with Gasteiger partial charge in [0.1, 0.15) is 0 Å². The number of aromatic nitrogens is 7. The average Bonchev–Trinajstić information content (AvgIpc) is 3.30. The molecule has 4 aromatic heterocycles. The van der Waals surface area contributed by atoms with Crippen molar-refractivity contribution in [2.75, 3.05) is 0 Å². The second kappa shape index (κ2) is 10.1. The van der Waals surface area contributed by atoms with E-state index in [-0.39, 0.29) is 31.9 Å². The third kappa shape index (κ3) is 5.71. The molecule has 0 fully saturated rings. The maximum Gasteiger partial charge on any atom is 2.00 e. The zero-order valence-electron chi connectivity index (χ0n) is 20.1. The van der Waals surface area contributed by atoms with Gasteiger partial charge in [0, 0.05) is 35.5 Å². The maximum atomic E-state index is 4.61. The van der Waals surface area contributed by atoms with Crippen LogP contribution in [0.4, 0.5) is 0 Å². The largest absolute Gasteiger partial charge is 2.00 e. The van der Waals surface area contributed by atoms with Crippen molar-refractivity contribution in [2.24, 2.45) is 0 Å². The summed E-state index contributed by atoms with van der Waals surface area (Å²) in [5, 5.41) is 10.2. The molecule has 8 heteroatoms. The zero-order chi connectivity index (χ0) is 23.6. The minimum Gasteiger partial charge on any atom is -0.573 e. The summed E-state index contributed by atoms with van der Waals surface area (Å²) in [5.41, 5.74) is 4.30. The van der Waals surface area contributed by atoms with Crippen LogP contribution in [-0.4, -0.2) is 30.0 Å². The van der Waals surface area contributed by atoms with Gasteiger partial charge < -0.3 is 25.1 Å². The summed E-state index contributed by atoms with van der Waals surface area (Å²) in [5.74, 6) is 0.810. The maximum absolute atomic E-state index is 4.61. The van der Waals surface area contributed by atoms with Crippen LogP contribution in [0.3, 0.4) is 0 Å². The van der Waals surface area contributed by atoms with Crippen molar-refractivity contribution < 1.29 is 21.1 Å². The van der Waals surface area contributed by atoms with E-state index in [0.717, 1.165) is 44.7 Å². The second-order valence-electron chi connectivity index (χ2n) is 9.90. The van der Waals surface area contributed by atoms with Crippen LogP contribution in [0.5, 0.6) is 0 Å². The van der Waals surface area contributed by atoms with Crippen LogP contribution in [-0.2, 0) is 31.9 Å². The molecule has 5 aromatic rings. The molecular weight excluding hydrogens is 605 g/mol. The first-order valence-corrected chi connectivity index (χ1v) is 10.8. The number of nitrogens with zero attached hydrogens (tertiary/aromatic N) is 7. The molecular formula is C26H27N7Pt. The summed E-state index contributed by atoms with van der Waals surface area (Å²) < 4.78 is 0. The Labute approximate surface area is 214 Å². The molecule has 0 atom stereocenters. The van der Waals surface area contributed by atoms with Gasteiger partial charge in [-0.1, -0.05) is 76.9 Å². The van der Waals surface area contributed by atoms with Crippen LogP contribution in [0.25, 0.3) is 33.2 Å². The van der Waals surface area contributed by atoms with Gasteiger partial charge in [0.15, 0.2) is 0 Å². The quantitative estimate of drug-likeness (QED) is 0.188. The molecule has 7 nitrogen and oxygen atoms in total. The van der Waals surface area contributed by atoms with Crippen molar-refractivity contribution in [1.82, 2.24) is 35.1 Å². The Bertz CT molecular complexity index is 1380. The van der Waals surface area contributed by atoms with Crippen LogP contribution in [0.15, 0.2) is 55.1 Å². The van der Waals surface area contributed by atoms with E-state index in [1.807, 2.05) is 30.3 Å². The zero-order valence-corrected chi connectivity index (χ0v) is 22.4. The Balaban J connectivity index is 0.000000188. The van der Waals surface area contributed by atoms with Crippen LogP contribution in [0.1, 0.15) is 53.1 Å². The van der Waals surface area contributed by atoms with Crippen molar-refractivity contribution in [3.8, 4) is 11.4 Å². The first-order chi connectivity index (χ1) is 15.6. The molecule has 4 heterocycles. The van der Waals surface area contributed by atoms with Crippen LogP contribution >= 0.6 is 0 Å². The van der Waals surface area contributed by atoms with Gasteiger partial charge in [0.05, 0.1) is 11.9 Å². The Kier molecular flexibility index (Phi) is 7.57. The molecule has 176 valence electrons. The summed E-state index contributed by atoms with van der Waals surface area (Å²) in [6, 6.07) is 9.97. The minimum atomic E-state index is -0.0657. The van der Waals surface area contributed by atoms with Gasteiger partial charge in [0.25, 0.3) is 0 Å². The molecule has 0 radical (unpaired) electrons. The first-order valence-electron chi connectivity index (χ1n) is 10.8. The second-order valence-corrected chi connectivity index (χ2v) is 9.90. The molecule has 0 spiro atoms. The van der Waals surface area contributed by atoms with Gasteiger partial charge in [-0.25, -0.2) is 0 Å². The molecule has 5 rings (SSSR count). The number of rotatable bonds is 1. The minimum absolute atomic E-state index is 0. The molecule has 0 saturated carbocycles. The van der Waals surface area contributed by atoms with Crippen LogP contribution in [0, 0.1) is 6.20 Å². The normalized spacial score (nSPS) is 11.6. The SMILES string of the molecule is CC(C)(C)c1cc(-c2cnccn2)[n-]n1.CC(C)(C)c1n[c-]c2c(ccc3cccnc32)n1.[Pt+2]. The number of pyridine rings is 1. The monoisotopic (exact) mass is 632 g/mol. The Hall–Kier alpha value is -3.05. The van der Waals surface area contributed by atoms with Crippen molar-refractivity contribution in [3.05, 3.63) is 72.8 Å². The third-order valence-corrected chi connectivity index (χ3v) is 5.06. The predicted octanol–water partition coefficient (Wildman–Crippen LogP) is 5.07. The van der Waals surface area contributed by atoms with E-state index in [9.17, 15) is 0 Å². The molecule has 0 aliphatic heterocycles. The van der Waals surface area contributed by atoms with E-state index in [4.69, 9.17) is 0 Å². The summed E-state index contributed by atoms with van der Waals surface area (Å²) >= 11 is 0. The van der Waals surface area contributed by atoms with Crippen LogP contribution in [0.2, 0.25) is 0 Å². The Morgan fingerprint density at radius 2 is 1.68 bits per heavy atom. The number of fused-ring (bicyclic) bond motifs is 3. The van der Waals surface area contributed by atoms with E-state index in [0.29, 0.717) is 0 Å². The standard InChI is InChI=1S/C15H14N3.C11H13N4.Pt/c1-15(2,3)14-17-9-11-12(18-14)7-6-10-5-4-8-16-13(10)11;1-11(2,3)10-6-8(14-15-10)9-7-12-4-5-13-9;/h4-8H,1-3H3;4-7H,1-3H3;/q2*-1;+2. The van der Waals surface area contributed by atoms with Gasteiger partial charge >= 0.3 is 21.1 Å². The molecule has 0 aliphatic rings. The first kappa shape index (κ1) is 25.6. The Morgan fingerprint density at radius 1 is 0.882 bits per heavy atom. The molecule has 0 bridgehead atoms. The molecule has 0 amide bonds. The number of hydrogen-bond donors (Lipinski definition) is 0. The van der Waals surface area contributed by atoms with Gasteiger partial charge in [-0.2, -0.15) is 0 Å². The molecule has 0 aliphatic carbocycles.